The highest BCUT2D eigenvalue weighted by molar-refractivity contribution is 7.46. The lowest BCUT2D eigenvalue weighted by Crippen LogP contribution is -2.27. The first-order chi connectivity index (χ1) is 7.98. The van der Waals surface area contributed by atoms with Gasteiger partial charge in [0.1, 0.15) is 6.10 Å². The second-order valence-electron chi connectivity index (χ2n) is 2.73. The summed E-state index contributed by atoms with van der Waals surface area (Å²) in [6, 6.07) is 0. The Kier molecular flexibility index (Phi) is 3.06. The zero-order valence-electron chi connectivity index (χ0n) is 9.46. The first kappa shape index (κ1) is 9.46. The van der Waals surface area contributed by atoms with Crippen molar-refractivity contribution in [2.45, 2.75) is 12.3 Å². The number of nitrogens with zero attached hydrogens (tertiary/aromatic N) is 2. The third-order valence-corrected chi connectivity index (χ3v) is 2.03. The summed E-state index contributed by atoms with van der Waals surface area (Å²) in [7, 11) is -4.66. The SMILES string of the molecule is [2H]OC([C@@H](COP(=O)(O)O)O[2H])n1ccnc1. The molecule has 1 heterocycles. The molecule has 0 radical (unpaired) electrons. The van der Waals surface area contributed by atoms with Crippen LogP contribution in [0.25, 0.3) is 0 Å². The highest BCUT2D eigenvalue weighted by atomic mass is 31.2. The van der Waals surface area contributed by atoms with Gasteiger partial charge in [-0.05, 0) is 0 Å². The minimum absolute atomic E-state index is 0.602. The van der Waals surface area contributed by atoms with Gasteiger partial charge in [0.25, 0.3) is 0 Å². The maximum atomic E-state index is 10.5. The molecule has 0 spiro atoms. The number of aromatic nitrogens is 2. The van der Waals surface area contributed by atoms with Gasteiger partial charge in [0.05, 0.1) is 12.9 Å². The van der Waals surface area contributed by atoms with E-state index >= 15 is 0 Å². The Bertz CT molecular complexity index is 371. The fourth-order valence-corrected chi connectivity index (χ4v) is 1.21. The number of rotatable bonds is 7. The Morgan fingerprint density at radius 2 is 2.40 bits per heavy atom. The van der Waals surface area contributed by atoms with E-state index < -0.39 is 26.8 Å². The molecule has 0 aliphatic rings. The van der Waals surface area contributed by atoms with Crippen molar-refractivity contribution in [2.24, 2.45) is 0 Å². The van der Waals surface area contributed by atoms with Gasteiger partial charge in [0, 0.05) is 12.4 Å². The van der Waals surface area contributed by atoms with Crippen molar-refractivity contribution in [1.29, 1.82) is 2.86 Å². The molecule has 1 unspecified atom stereocenters. The van der Waals surface area contributed by atoms with Gasteiger partial charge in [0.15, 0.2) is 6.23 Å². The van der Waals surface area contributed by atoms with E-state index in [1.807, 2.05) is 0 Å². The molecule has 1 rings (SSSR count). The molecule has 0 saturated heterocycles. The third-order valence-electron chi connectivity index (χ3n) is 1.54. The average molecular weight is 240 g/mol. The Morgan fingerprint density at radius 1 is 1.60 bits per heavy atom. The molecule has 15 heavy (non-hydrogen) atoms. The summed E-state index contributed by atoms with van der Waals surface area (Å²) in [6.07, 6.45) is 1.89. The van der Waals surface area contributed by atoms with E-state index in [1.165, 1.54) is 23.3 Å². The summed E-state index contributed by atoms with van der Waals surface area (Å²) in [5, 5.41) is 8.52. The highest BCUT2D eigenvalue weighted by Crippen LogP contribution is 2.36. The molecule has 1 aromatic heterocycles. The minimum atomic E-state index is -4.66. The molecule has 0 saturated carbocycles. The third kappa shape index (κ3) is 4.08. The van der Waals surface area contributed by atoms with Crippen LogP contribution in [0.1, 0.15) is 6.23 Å². The van der Waals surface area contributed by atoms with Crippen LogP contribution in [-0.2, 0) is 9.09 Å². The molecule has 4 N–H and O–H groups in total. The van der Waals surface area contributed by atoms with Crippen LogP contribution in [0, 0.1) is 0 Å². The van der Waals surface area contributed by atoms with E-state index in [0.717, 1.165) is 0 Å². The van der Waals surface area contributed by atoms with Crippen LogP contribution in [0.2, 0.25) is 0 Å². The van der Waals surface area contributed by atoms with Crippen molar-refractivity contribution in [3.05, 3.63) is 18.7 Å². The molecule has 0 fully saturated rings. The van der Waals surface area contributed by atoms with Crippen LogP contribution < -0.4 is 0 Å². The Hall–Kier alpha value is -0.760. The van der Waals surface area contributed by atoms with E-state index in [2.05, 4.69) is 19.7 Å². The number of aliphatic hydroxyl groups is 2. The molecule has 0 aliphatic heterocycles. The van der Waals surface area contributed by atoms with Gasteiger partial charge in [-0.1, -0.05) is 0 Å². The summed E-state index contributed by atoms with van der Waals surface area (Å²) in [5.41, 5.74) is 0. The average Bonchev–Trinajstić information content (AvgIpc) is 2.76. The number of phosphoric acid groups is 1. The van der Waals surface area contributed by atoms with Gasteiger partial charge in [-0.15, -0.1) is 0 Å². The predicted octanol–water partition coefficient (Wildman–Crippen LogP) is -1.16. The summed E-state index contributed by atoms with van der Waals surface area (Å²) in [4.78, 5) is 20.7. The lowest BCUT2D eigenvalue weighted by molar-refractivity contribution is -0.0526. The Morgan fingerprint density at radius 3 is 2.87 bits per heavy atom. The van der Waals surface area contributed by atoms with Crippen molar-refractivity contribution in [1.82, 2.24) is 9.55 Å². The van der Waals surface area contributed by atoms with Crippen molar-refractivity contribution in [3.63, 3.8) is 0 Å². The largest absolute Gasteiger partial charge is 0.469 e. The quantitative estimate of drug-likeness (QED) is 0.443. The molecule has 0 aliphatic carbocycles. The number of hydrogen-bond acceptors (Lipinski definition) is 5. The van der Waals surface area contributed by atoms with E-state index in [9.17, 15) is 4.57 Å². The molecule has 2 atom stereocenters. The molecule has 8 nitrogen and oxygen atoms in total. The van der Waals surface area contributed by atoms with Gasteiger partial charge in [-0.2, -0.15) is 0 Å². The van der Waals surface area contributed by atoms with Gasteiger partial charge in [-0.3, -0.25) is 4.52 Å². The first-order valence-corrected chi connectivity index (χ1v) is 5.42. The number of imidazole rings is 1. The molecular formula is C6H11N2O6P. The summed E-state index contributed by atoms with van der Waals surface area (Å²) >= 11 is 0. The van der Waals surface area contributed by atoms with Crippen molar-refractivity contribution < 1.29 is 29.1 Å². The highest BCUT2D eigenvalue weighted by Gasteiger charge is 2.22. The summed E-state index contributed by atoms with van der Waals surface area (Å²) in [5.74, 6) is 0. The van der Waals surface area contributed by atoms with Crippen LogP contribution in [0.4, 0.5) is 0 Å². The van der Waals surface area contributed by atoms with Gasteiger partial charge in [0.2, 0.25) is 2.86 Å². The number of phosphoric ester groups is 1. The molecule has 0 aromatic carbocycles. The van der Waals surface area contributed by atoms with E-state index in [-0.39, 0.29) is 0 Å². The smallest absolute Gasteiger partial charge is 0.386 e. The van der Waals surface area contributed by atoms with Gasteiger partial charge in [-0.25, -0.2) is 9.55 Å². The fourth-order valence-electron chi connectivity index (χ4n) is 0.865. The molecule has 0 amide bonds. The molecule has 1 aromatic rings. The Labute approximate surface area is 88.0 Å². The van der Waals surface area contributed by atoms with Crippen molar-refractivity contribution in [2.75, 3.05) is 6.61 Å². The van der Waals surface area contributed by atoms with Crippen LogP contribution in [0.15, 0.2) is 18.7 Å². The van der Waals surface area contributed by atoms with Gasteiger partial charge < -0.3 is 24.6 Å². The first-order valence-electron chi connectivity index (χ1n) is 4.71. The van der Waals surface area contributed by atoms with E-state index in [1.54, 1.807) is 0 Å². The monoisotopic (exact) mass is 240 g/mol. The van der Waals surface area contributed by atoms with Crippen LogP contribution in [0.5, 0.6) is 0 Å². The zero-order valence-corrected chi connectivity index (χ0v) is 8.36. The maximum Gasteiger partial charge on any atom is 0.469 e. The van der Waals surface area contributed by atoms with Crippen LogP contribution >= 0.6 is 7.82 Å². The fraction of sp³-hybridized carbons (Fsp3) is 0.500. The molecule has 0 bridgehead atoms. The lowest BCUT2D eigenvalue weighted by atomic mass is 10.3. The zero-order chi connectivity index (χ0) is 12.9. The van der Waals surface area contributed by atoms with Crippen LogP contribution in [0.3, 0.4) is 0 Å². The van der Waals surface area contributed by atoms with Crippen LogP contribution in [-0.4, -0.2) is 45.1 Å². The summed E-state index contributed by atoms with van der Waals surface area (Å²) < 4.78 is 29.6. The molecule has 86 valence electrons. The topological polar surface area (TPSA) is 125 Å². The summed E-state index contributed by atoms with van der Waals surface area (Å²) in [6.45, 7) is -0.602. The Balaban J connectivity index is 2.67. The second-order valence-corrected chi connectivity index (χ2v) is 3.96. The van der Waals surface area contributed by atoms with E-state index in [4.69, 9.17) is 12.6 Å². The number of aliphatic hydroxyl groups excluding tert-OH is 2. The normalized spacial score (nSPS) is 18.0. The minimum Gasteiger partial charge on any atom is -0.386 e. The van der Waals surface area contributed by atoms with Gasteiger partial charge >= 0.3 is 7.82 Å². The predicted molar refractivity (Wildman–Crippen MR) is 47.5 cm³/mol. The van der Waals surface area contributed by atoms with Crippen molar-refractivity contribution >= 4 is 7.82 Å². The molecular weight excluding hydrogens is 227 g/mol. The number of hydrogen-bond donors (Lipinski definition) is 4. The maximum absolute atomic E-state index is 10.5. The van der Waals surface area contributed by atoms with E-state index in [0.29, 0.717) is 0 Å². The standard InChI is InChI=1S/C6H11N2O6P/c9-5(3-14-15(11,12)13)6(10)8-2-1-7-4-8/h1-2,4-6,9-10H,3H2,(H2,11,12,13)/t5-,6?/m1/s1/i9D,10D. The second kappa shape index (κ2) is 4.84. The lowest BCUT2D eigenvalue weighted by Gasteiger charge is -2.18. The van der Waals surface area contributed by atoms with Crippen molar-refractivity contribution in [3.8, 4) is 0 Å². The molecule has 9 heteroatoms.